The summed E-state index contributed by atoms with van der Waals surface area (Å²) in [6.45, 7) is 5.57. The van der Waals surface area contributed by atoms with E-state index in [4.69, 9.17) is 9.97 Å². The van der Waals surface area contributed by atoms with Crippen molar-refractivity contribution in [3.8, 4) is 11.5 Å². The molecular formula is C29H36N8O3. The third kappa shape index (κ3) is 4.56. The molecule has 11 nitrogen and oxygen atoms in total. The number of carbonyl (C=O) groups excluding carboxylic acids is 1. The minimum Gasteiger partial charge on any atom is -0.465 e. The van der Waals surface area contributed by atoms with Crippen LogP contribution in [0.1, 0.15) is 73.4 Å². The van der Waals surface area contributed by atoms with E-state index >= 15 is 0 Å². The quantitative estimate of drug-likeness (QED) is 0.467. The second kappa shape index (κ2) is 9.87. The number of hydrogen-bond donors (Lipinski definition) is 1. The molecule has 0 atom stereocenters. The highest BCUT2D eigenvalue weighted by atomic mass is 16.4. The summed E-state index contributed by atoms with van der Waals surface area (Å²) < 4.78 is 2.15. The average Bonchev–Trinajstić information content (AvgIpc) is 3.71. The Labute approximate surface area is 233 Å². The molecule has 3 aromatic rings. The highest BCUT2D eigenvalue weighted by molar-refractivity contribution is 6.10. The Kier molecular flexibility index (Phi) is 6.47. The van der Waals surface area contributed by atoms with E-state index < -0.39 is 6.09 Å². The van der Waals surface area contributed by atoms with E-state index in [0.717, 1.165) is 30.8 Å². The Morgan fingerprint density at radius 3 is 2.67 bits per heavy atom. The zero-order valence-electron chi connectivity index (χ0n) is 23.6. The van der Waals surface area contributed by atoms with Crippen molar-refractivity contribution in [2.24, 2.45) is 5.92 Å². The maximum Gasteiger partial charge on any atom is 0.407 e. The van der Waals surface area contributed by atoms with Crippen LogP contribution in [0, 0.1) is 5.92 Å². The number of aryl methyl sites for hydroxylation is 1. The summed E-state index contributed by atoms with van der Waals surface area (Å²) >= 11 is 0. The molecule has 210 valence electrons. The van der Waals surface area contributed by atoms with Crippen LogP contribution in [0.15, 0.2) is 24.3 Å². The van der Waals surface area contributed by atoms with Gasteiger partial charge in [0.25, 0.3) is 5.91 Å². The zero-order chi connectivity index (χ0) is 28.2. The van der Waals surface area contributed by atoms with E-state index in [0.29, 0.717) is 40.3 Å². The number of anilines is 2. The van der Waals surface area contributed by atoms with E-state index in [1.54, 1.807) is 4.90 Å². The molecule has 1 aliphatic carbocycles. The van der Waals surface area contributed by atoms with Gasteiger partial charge in [-0.3, -0.25) is 9.69 Å². The lowest BCUT2D eigenvalue weighted by Gasteiger charge is -2.24. The van der Waals surface area contributed by atoms with Crippen molar-refractivity contribution in [2.45, 2.75) is 71.0 Å². The van der Waals surface area contributed by atoms with E-state index in [1.165, 1.54) is 37.6 Å². The maximum atomic E-state index is 13.9. The third-order valence-corrected chi connectivity index (χ3v) is 8.64. The zero-order valence-corrected chi connectivity index (χ0v) is 23.6. The van der Waals surface area contributed by atoms with Gasteiger partial charge in [-0.2, -0.15) is 0 Å². The monoisotopic (exact) mass is 544 g/mol. The van der Waals surface area contributed by atoms with Gasteiger partial charge >= 0.3 is 6.09 Å². The van der Waals surface area contributed by atoms with Gasteiger partial charge in [-0.05, 0) is 57.2 Å². The van der Waals surface area contributed by atoms with Gasteiger partial charge in [-0.15, -0.1) is 10.2 Å². The fourth-order valence-electron chi connectivity index (χ4n) is 6.34. The fourth-order valence-corrected chi connectivity index (χ4v) is 6.34. The first-order chi connectivity index (χ1) is 19.1. The Balaban J connectivity index is 1.34. The summed E-state index contributed by atoms with van der Waals surface area (Å²) in [6.07, 6.45) is 5.72. The van der Waals surface area contributed by atoms with E-state index in [1.807, 2.05) is 31.3 Å². The number of carbonyl (C=O) groups is 2. The van der Waals surface area contributed by atoms with Gasteiger partial charge < -0.3 is 19.5 Å². The molecule has 6 rings (SSSR count). The number of rotatable bonds is 7. The molecule has 5 heterocycles. The molecular weight excluding hydrogens is 508 g/mol. The van der Waals surface area contributed by atoms with Crippen LogP contribution in [0.5, 0.6) is 0 Å². The van der Waals surface area contributed by atoms with Crippen molar-refractivity contribution in [3.05, 3.63) is 46.9 Å². The molecule has 0 saturated heterocycles. The number of nitrogens with zero attached hydrogens (tertiary/aromatic N) is 8. The van der Waals surface area contributed by atoms with E-state index in [-0.39, 0.29) is 24.5 Å². The molecule has 3 aromatic heterocycles. The van der Waals surface area contributed by atoms with E-state index in [2.05, 4.69) is 33.5 Å². The summed E-state index contributed by atoms with van der Waals surface area (Å²) in [6, 6.07) is 7.46. The Morgan fingerprint density at radius 2 is 1.93 bits per heavy atom. The SMILES string of the molecule is CN(Cc1nc(N(C)CC2CCCC2)cc2c1CN(c1cccc(-c3nnc4n3C(C)(C)CC4)n1)C2=O)C(=O)O. The van der Waals surface area contributed by atoms with Crippen LogP contribution in [-0.2, 0) is 25.0 Å². The minimum absolute atomic E-state index is 0.0956. The van der Waals surface area contributed by atoms with Crippen molar-refractivity contribution >= 4 is 23.6 Å². The molecule has 2 aliphatic heterocycles. The summed E-state index contributed by atoms with van der Waals surface area (Å²) in [5, 5.41) is 18.4. The molecule has 3 aliphatic rings. The number of amides is 2. The Hall–Kier alpha value is -4.02. The average molecular weight is 545 g/mol. The first kappa shape index (κ1) is 26.2. The molecule has 0 bridgehead atoms. The Morgan fingerprint density at radius 1 is 1.15 bits per heavy atom. The van der Waals surface area contributed by atoms with Crippen molar-refractivity contribution in [1.82, 2.24) is 29.6 Å². The van der Waals surface area contributed by atoms with Crippen LogP contribution in [0.4, 0.5) is 16.4 Å². The molecule has 1 fully saturated rings. The van der Waals surface area contributed by atoms with Gasteiger partial charge in [0, 0.05) is 38.2 Å². The van der Waals surface area contributed by atoms with Gasteiger partial charge in [-0.1, -0.05) is 18.9 Å². The highest BCUT2D eigenvalue weighted by Gasteiger charge is 2.36. The van der Waals surface area contributed by atoms with Crippen LogP contribution in [0.3, 0.4) is 0 Å². The number of hydrogen-bond acceptors (Lipinski definition) is 7. The van der Waals surface area contributed by atoms with Gasteiger partial charge in [0.2, 0.25) is 0 Å². The lowest BCUT2D eigenvalue weighted by atomic mass is 10.0. The standard InChI is InChI=1S/C29H36N8O3/c1-29(2)13-12-24-32-33-26(37(24)29)21-10-7-11-23(30-21)36-16-20-19(27(36)38)14-25(31-22(20)17-35(4)28(39)40)34(3)15-18-8-5-6-9-18/h7,10-11,14,18H,5-6,8-9,12-13,15-17H2,1-4H3,(H,39,40). The molecule has 1 N–H and O–H groups in total. The first-order valence-electron chi connectivity index (χ1n) is 14.0. The normalized spacial score (nSPS) is 17.8. The number of aromatic nitrogens is 5. The maximum absolute atomic E-state index is 13.9. The summed E-state index contributed by atoms with van der Waals surface area (Å²) in [5.41, 5.74) is 2.45. The second-order valence-electron chi connectivity index (χ2n) is 12.0. The number of carboxylic acid groups (broad SMARTS) is 1. The smallest absolute Gasteiger partial charge is 0.407 e. The van der Waals surface area contributed by atoms with E-state index in [9.17, 15) is 14.7 Å². The van der Waals surface area contributed by atoms with Crippen LogP contribution in [-0.4, -0.2) is 67.4 Å². The van der Waals surface area contributed by atoms with Crippen molar-refractivity contribution in [1.29, 1.82) is 0 Å². The molecule has 0 radical (unpaired) electrons. The number of pyridine rings is 2. The molecule has 40 heavy (non-hydrogen) atoms. The van der Waals surface area contributed by atoms with Crippen LogP contribution in [0.2, 0.25) is 0 Å². The topological polar surface area (TPSA) is 121 Å². The largest absolute Gasteiger partial charge is 0.465 e. The second-order valence-corrected chi connectivity index (χ2v) is 12.0. The molecule has 0 aromatic carbocycles. The van der Waals surface area contributed by atoms with Gasteiger partial charge in [-0.25, -0.2) is 14.8 Å². The summed E-state index contributed by atoms with van der Waals surface area (Å²) in [5.74, 6) is 3.30. The lowest BCUT2D eigenvalue weighted by molar-refractivity contribution is 0.0996. The van der Waals surface area contributed by atoms with Gasteiger partial charge in [0.1, 0.15) is 23.2 Å². The Bertz CT molecular complexity index is 1480. The molecule has 1 saturated carbocycles. The van der Waals surface area contributed by atoms with Crippen LogP contribution in [0.25, 0.3) is 11.5 Å². The molecule has 0 spiro atoms. The lowest BCUT2D eigenvalue weighted by Crippen LogP contribution is -2.28. The van der Waals surface area contributed by atoms with Crippen LogP contribution >= 0.6 is 0 Å². The predicted molar refractivity (Wildman–Crippen MR) is 150 cm³/mol. The molecule has 2 amide bonds. The summed E-state index contributed by atoms with van der Waals surface area (Å²) in [4.78, 5) is 40.2. The van der Waals surface area contributed by atoms with Gasteiger partial charge in [0.15, 0.2) is 5.82 Å². The first-order valence-corrected chi connectivity index (χ1v) is 14.0. The molecule has 0 unspecified atom stereocenters. The molecule has 11 heteroatoms. The fraction of sp³-hybridized carbons (Fsp3) is 0.517. The van der Waals surface area contributed by atoms with Crippen molar-refractivity contribution in [2.75, 3.05) is 30.4 Å². The minimum atomic E-state index is -1.04. The van der Waals surface area contributed by atoms with Crippen molar-refractivity contribution < 1.29 is 14.7 Å². The number of fused-ring (bicyclic) bond motifs is 2. The van der Waals surface area contributed by atoms with Gasteiger partial charge in [0.05, 0.1) is 24.3 Å². The predicted octanol–water partition coefficient (Wildman–Crippen LogP) is 4.31. The summed E-state index contributed by atoms with van der Waals surface area (Å²) in [7, 11) is 3.52. The highest BCUT2D eigenvalue weighted by Crippen LogP contribution is 2.37. The van der Waals surface area contributed by atoms with Crippen LogP contribution < -0.4 is 9.80 Å². The third-order valence-electron chi connectivity index (χ3n) is 8.64. The van der Waals surface area contributed by atoms with Crippen molar-refractivity contribution in [3.63, 3.8) is 0 Å².